The number of nitriles is 1. The van der Waals surface area contributed by atoms with Crippen LogP contribution in [0.4, 0.5) is 0 Å². The zero-order valence-corrected chi connectivity index (χ0v) is 7.21. The first-order valence-electron chi connectivity index (χ1n) is 4.11. The second-order valence-electron chi connectivity index (χ2n) is 3.00. The molecular formula is C8H13N3O. The molecule has 0 radical (unpaired) electrons. The Labute approximate surface area is 72.2 Å². The van der Waals surface area contributed by atoms with E-state index in [0.717, 1.165) is 19.4 Å². The molecule has 0 aromatic heterocycles. The van der Waals surface area contributed by atoms with Gasteiger partial charge < -0.3 is 10.2 Å². The van der Waals surface area contributed by atoms with Crippen LogP contribution in [0.25, 0.3) is 0 Å². The predicted octanol–water partition coefficient (Wildman–Crippen LogP) is -0.280. The quantitative estimate of drug-likeness (QED) is 0.575. The molecule has 0 spiro atoms. The Hall–Kier alpha value is -1.08. The molecule has 4 nitrogen and oxygen atoms in total. The Morgan fingerprint density at radius 3 is 3.08 bits per heavy atom. The van der Waals surface area contributed by atoms with Crippen molar-refractivity contribution >= 4 is 5.91 Å². The minimum Gasteiger partial charge on any atom is -0.331 e. The van der Waals surface area contributed by atoms with Crippen LogP contribution < -0.4 is 5.32 Å². The molecule has 1 aliphatic rings. The summed E-state index contributed by atoms with van der Waals surface area (Å²) in [4.78, 5) is 12.9. The first-order valence-corrected chi connectivity index (χ1v) is 4.11. The molecule has 0 unspecified atom stereocenters. The van der Waals surface area contributed by atoms with E-state index in [1.165, 1.54) is 4.90 Å². The number of rotatable bonds is 2. The minimum atomic E-state index is -0.0525. The largest absolute Gasteiger partial charge is 0.331 e. The Morgan fingerprint density at radius 1 is 1.83 bits per heavy atom. The topological polar surface area (TPSA) is 56.1 Å². The van der Waals surface area contributed by atoms with Gasteiger partial charge in [0, 0.05) is 7.05 Å². The van der Waals surface area contributed by atoms with Crippen molar-refractivity contribution in [1.29, 1.82) is 5.26 Å². The zero-order chi connectivity index (χ0) is 8.97. The van der Waals surface area contributed by atoms with Crippen molar-refractivity contribution in [3.63, 3.8) is 0 Å². The molecule has 1 N–H and O–H groups in total. The van der Waals surface area contributed by atoms with E-state index in [0.29, 0.717) is 0 Å². The van der Waals surface area contributed by atoms with E-state index in [4.69, 9.17) is 5.26 Å². The van der Waals surface area contributed by atoms with Gasteiger partial charge in [-0.25, -0.2) is 0 Å². The van der Waals surface area contributed by atoms with Gasteiger partial charge in [-0.3, -0.25) is 4.79 Å². The van der Waals surface area contributed by atoms with Gasteiger partial charge in [-0.2, -0.15) is 5.26 Å². The van der Waals surface area contributed by atoms with Gasteiger partial charge >= 0.3 is 0 Å². The van der Waals surface area contributed by atoms with Gasteiger partial charge in [-0.15, -0.1) is 0 Å². The molecule has 12 heavy (non-hydrogen) atoms. The lowest BCUT2D eigenvalue weighted by Crippen LogP contribution is -2.41. The molecule has 0 aliphatic carbocycles. The predicted molar refractivity (Wildman–Crippen MR) is 44.3 cm³/mol. The van der Waals surface area contributed by atoms with Crippen LogP contribution in [-0.2, 0) is 4.79 Å². The Kier molecular flexibility index (Phi) is 3.06. The molecule has 1 fully saturated rings. The summed E-state index contributed by atoms with van der Waals surface area (Å²) in [7, 11) is 1.66. The molecule has 1 aliphatic heterocycles. The lowest BCUT2D eigenvalue weighted by Gasteiger charge is -2.17. The van der Waals surface area contributed by atoms with Crippen molar-refractivity contribution in [3.8, 4) is 6.07 Å². The summed E-state index contributed by atoms with van der Waals surface area (Å²) in [6.07, 6.45) is 1.95. The average molecular weight is 167 g/mol. The third-order valence-corrected chi connectivity index (χ3v) is 2.04. The molecule has 0 bridgehead atoms. The summed E-state index contributed by atoms with van der Waals surface area (Å²) in [5.41, 5.74) is 0. The normalized spacial score (nSPS) is 21.8. The summed E-state index contributed by atoms with van der Waals surface area (Å²) in [6.45, 7) is 1.09. The maximum atomic E-state index is 11.4. The lowest BCUT2D eigenvalue weighted by molar-refractivity contribution is -0.131. The Morgan fingerprint density at radius 2 is 2.58 bits per heavy atom. The first kappa shape index (κ1) is 9.01. The highest BCUT2D eigenvalue weighted by atomic mass is 16.2. The molecule has 4 heteroatoms. The fraction of sp³-hybridized carbons (Fsp3) is 0.750. The third kappa shape index (κ3) is 1.95. The fourth-order valence-corrected chi connectivity index (χ4v) is 1.35. The van der Waals surface area contributed by atoms with E-state index in [9.17, 15) is 4.79 Å². The summed E-state index contributed by atoms with van der Waals surface area (Å²) < 4.78 is 0. The van der Waals surface area contributed by atoms with E-state index in [2.05, 4.69) is 5.32 Å². The zero-order valence-electron chi connectivity index (χ0n) is 7.21. The van der Waals surface area contributed by atoms with Crippen LogP contribution in [0, 0.1) is 11.3 Å². The summed E-state index contributed by atoms with van der Waals surface area (Å²) in [5, 5.41) is 11.5. The number of hydrogen-bond acceptors (Lipinski definition) is 3. The lowest BCUT2D eigenvalue weighted by atomic mass is 10.2. The van der Waals surface area contributed by atoms with Gasteiger partial charge in [0.25, 0.3) is 0 Å². The molecule has 0 aromatic carbocycles. The molecule has 1 rings (SSSR count). The van der Waals surface area contributed by atoms with Gasteiger partial charge in [0.05, 0.1) is 12.1 Å². The summed E-state index contributed by atoms with van der Waals surface area (Å²) >= 11 is 0. The smallest absolute Gasteiger partial charge is 0.240 e. The van der Waals surface area contributed by atoms with E-state index < -0.39 is 0 Å². The second-order valence-corrected chi connectivity index (χ2v) is 3.00. The SMILES string of the molecule is CN(CC#N)C(=O)[C@@H]1CCCN1. The van der Waals surface area contributed by atoms with Crippen molar-refractivity contribution in [1.82, 2.24) is 10.2 Å². The van der Waals surface area contributed by atoms with Crippen LogP contribution in [0.1, 0.15) is 12.8 Å². The van der Waals surface area contributed by atoms with Crippen LogP contribution >= 0.6 is 0 Å². The van der Waals surface area contributed by atoms with Crippen LogP contribution in [0.5, 0.6) is 0 Å². The van der Waals surface area contributed by atoms with Crippen LogP contribution in [0.3, 0.4) is 0 Å². The number of nitrogens with one attached hydrogen (secondary N) is 1. The number of nitrogens with zero attached hydrogens (tertiary/aromatic N) is 2. The van der Waals surface area contributed by atoms with E-state index in [-0.39, 0.29) is 18.5 Å². The number of hydrogen-bond donors (Lipinski definition) is 1. The number of amides is 1. The monoisotopic (exact) mass is 167 g/mol. The Bertz CT molecular complexity index is 203. The molecule has 1 saturated heterocycles. The number of carbonyl (C=O) groups excluding carboxylic acids is 1. The van der Waals surface area contributed by atoms with Crippen molar-refractivity contribution in [2.24, 2.45) is 0 Å². The van der Waals surface area contributed by atoms with E-state index in [1.807, 2.05) is 6.07 Å². The van der Waals surface area contributed by atoms with E-state index in [1.54, 1.807) is 7.05 Å². The highest BCUT2D eigenvalue weighted by molar-refractivity contribution is 5.82. The van der Waals surface area contributed by atoms with Crippen molar-refractivity contribution in [3.05, 3.63) is 0 Å². The molecule has 66 valence electrons. The van der Waals surface area contributed by atoms with Crippen LogP contribution in [0.15, 0.2) is 0 Å². The molecule has 1 atom stereocenters. The molecule has 1 heterocycles. The first-order chi connectivity index (χ1) is 5.75. The van der Waals surface area contributed by atoms with Crippen molar-refractivity contribution < 1.29 is 4.79 Å². The van der Waals surface area contributed by atoms with Gasteiger partial charge in [0.1, 0.15) is 6.54 Å². The van der Waals surface area contributed by atoms with E-state index >= 15 is 0 Å². The molecule has 1 amide bonds. The maximum Gasteiger partial charge on any atom is 0.240 e. The highest BCUT2D eigenvalue weighted by Gasteiger charge is 2.24. The van der Waals surface area contributed by atoms with Gasteiger partial charge in [0.2, 0.25) is 5.91 Å². The van der Waals surface area contributed by atoms with Gasteiger partial charge in [0.15, 0.2) is 0 Å². The minimum absolute atomic E-state index is 0.0362. The Balaban J connectivity index is 2.41. The van der Waals surface area contributed by atoms with Crippen LogP contribution in [-0.4, -0.2) is 37.0 Å². The standard InChI is InChI=1S/C8H13N3O/c1-11(6-4-9)8(12)7-3-2-5-10-7/h7,10H,2-3,5-6H2,1H3/t7-/m0/s1. The van der Waals surface area contributed by atoms with Crippen molar-refractivity contribution in [2.45, 2.75) is 18.9 Å². The molecule has 0 aromatic rings. The number of likely N-dealkylation sites (N-methyl/N-ethyl adjacent to an activating group) is 1. The van der Waals surface area contributed by atoms with Crippen molar-refractivity contribution in [2.75, 3.05) is 20.1 Å². The fourth-order valence-electron chi connectivity index (χ4n) is 1.35. The summed E-state index contributed by atoms with van der Waals surface area (Å²) in [5.74, 6) is 0.0362. The number of carbonyl (C=O) groups is 1. The maximum absolute atomic E-state index is 11.4. The van der Waals surface area contributed by atoms with Gasteiger partial charge in [-0.05, 0) is 19.4 Å². The van der Waals surface area contributed by atoms with Crippen LogP contribution in [0.2, 0.25) is 0 Å². The molecular weight excluding hydrogens is 154 g/mol. The summed E-state index contributed by atoms with van der Waals surface area (Å²) in [6, 6.07) is 1.90. The molecule has 0 saturated carbocycles. The second kappa shape index (κ2) is 4.07. The average Bonchev–Trinajstić information content (AvgIpc) is 2.55. The highest BCUT2D eigenvalue weighted by Crippen LogP contribution is 2.06. The van der Waals surface area contributed by atoms with Gasteiger partial charge in [-0.1, -0.05) is 0 Å². The third-order valence-electron chi connectivity index (χ3n) is 2.04.